The Morgan fingerprint density at radius 1 is 1.26 bits per heavy atom. The van der Waals surface area contributed by atoms with Crippen molar-refractivity contribution in [2.75, 3.05) is 6.61 Å². The predicted octanol–water partition coefficient (Wildman–Crippen LogP) is 3.37. The van der Waals surface area contributed by atoms with Gasteiger partial charge in [-0.3, -0.25) is 4.98 Å². The number of aliphatic hydroxyl groups excluding tert-OH is 1. The van der Waals surface area contributed by atoms with Crippen LogP contribution >= 0.6 is 23.2 Å². The first-order chi connectivity index (χ1) is 9.15. The summed E-state index contributed by atoms with van der Waals surface area (Å²) in [5, 5.41) is 11.1. The van der Waals surface area contributed by atoms with Gasteiger partial charge >= 0.3 is 0 Å². The van der Waals surface area contributed by atoms with Gasteiger partial charge in [-0.05, 0) is 29.8 Å². The molecule has 100 valence electrons. The molecule has 0 bridgehead atoms. The first-order valence-corrected chi connectivity index (χ1v) is 6.55. The lowest BCUT2D eigenvalue weighted by molar-refractivity contribution is 0.108. The molecule has 1 aromatic heterocycles. The lowest BCUT2D eigenvalue weighted by Crippen LogP contribution is -2.20. The van der Waals surface area contributed by atoms with Crippen LogP contribution in [-0.4, -0.2) is 22.8 Å². The molecule has 0 amide bonds. The second kappa shape index (κ2) is 6.75. The van der Waals surface area contributed by atoms with Crippen molar-refractivity contribution >= 4 is 23.2 Å². The molecule has 0 aliphatic rings. The minimum Gasteiger partial charge on any atom is -0.491 e. The van der Waals surface area contributed by atoms with Gasteiger partial charge in [0.1, 0.15) is 12.4 Å². The minimum absolute atomic E-state index is 0.180. The fourth-order valence-electron chi connectivity index (χ4n) is 1.63. The molecular weight excluding hydrogens is 285 g/mol. The molecule has 0 fully saturated rings. The average Bonchev–Trinajstić information content (AvgIpc) is 2.39. The molecule has 1 heterocycles. The largest absolute Gasteiger partial charge is 0.491 e. The summed E-state index contributed by atoms with van der Waals surface area (Å²) in [6, 6.07) is 8.84. The van der Waals surface area contributed by atoms with Crippen LogP contribution in [-0.2, 0) is 6.42 Å². The van der Waals surface area contributed by atoms with Crippen molar-refractivity contribution in [2.24, 2.45) is 0 Å². The van der Waals surface area contributed by atoms with Crippen LogP contribution < -0.4 is 4.74 Å². The summed E-state index contributed by atoms with van der Waals surface area (Å²) in [5.74, 6) is 0.632. The Kier molecular flexibility index (Phi) is 5.02. The average molecular weight is 298 g/mol. The van der Waals surface area contributed by atoms with Gasteiger partial charge in [0.05, 0.1) is 11.1 Å². The monoisotopic (exact) mass is 297 g/mol. The highest BCUT2D eigenvalue weighted by Gasteiger charge is 2.09. The van der Waals surface area contributed by atoms with Gasteiger partial charge in [0.15, 0.2) is 0 Å². The molecule has 2 aromatic rings. The molecule has 0 saturated carbocycles. The fraction of sp³-hybridized carbons (Fsp3) is 0.214. The Bertz CT molecular complexity index is 548. The van der Waals surface area contributed by atoms with Gasteiger partial charge in [0.25, 0.3) is 0 Å². The van der Waals surface area contributed by atoms with Gasteiger partial charge < -0.3 is 9.84 Å². The highest BCUT2D eigenvalue weighted by atomic mass is 35.5. The maximum absolute atomic E-state index is 9.92. The van der Waals surface area contributed by atoms with E-state index in [0.29, 0.717) is 22.2 Å². The normalized spacial score (nSPS) is 12.2. The second-order valence-electron chi connectivity index (χ2n) is 4.09. The minimum atomic E-state index is -0.640. The van der Waals surface area contributed by atoms with Crippen molar-refractivity contribution in [1.82, 2.24) is 4.98 Å². The van der Waals surface area contributed by atoms with Crippen LogP contribution in [0.3, 0.4) is 0 Å². The molecule has 19 heavy (non-hydrogen) atoms. The summed E-state index contributed by atoms with van der Waals surface area (Å²) in [4.78, 5) is 3.90. The zero-order valence-electron chi connectivity index (χ0n) is 10.1. The molecule has 0 radical (unpaired) electrons. The first kappa shape index (κ1) is 14.1. The van der Waals surface area contributed by atoms with Crippen molar-refractivity contribution in [2.45, 2.75) is 12.5 Å². The Balaban J connectivity index is 1.88. The SMILES string of the molecule is OC(COc1cccc(Cl)c1)Cc1ccncc1Cl. The number of rotatable bonds is 5. The molecule has 2 rings (SSSR count). The van der Waals surface area contributed by atoms with Gasteiger partial charge in [0.2, 0.25) is 0 Å². The van der Waals surface area contributed by atoms with Crippen LogP contribution in [0.25, 0.3) is 0 Å². The van der Waals surface area contributed by atoms with Gasteiger partial charge in [-0.2, -0.15) is 0 Å². The van der Waals surface area contributed by atoms with Crippen LogP contribution in [0.5, 0.6) is 5.75 Å². The highest BCUT2D eigenvalue weighted by molar-refractivity contribution is 6.31. The van der Waals surface area contributed by atoms with E-state index in [1.165, 1.54) is 0 Å². The van der Waals surface area contributed by atoms with E-state index in [-0.39, 0.29) is 6.61 Å². The Morgan fingerprint density at radius 3 is 2.84 bits per heavy atom. The van der Waals surface area contributed by atoms with Gasteiger partial charge in [-0.25, -0.2) is 0 Å². The standard InChI is InChI=1S/C14H13Cl2NO2/c15-11-2-1-3-13(7-11)19-9-12(18)6-10-4-5-17-8-14(10)16/h1-5,7-8,12,18H,6,9H2. The lowest BCUT2D eigenvalue weighted by atomic mass is 10.1. The summed E-state index contributed by atoms with van der Waals surface area (Å²) in [6.45, 7) is 0.180. The van der Waals surface area contributed by atoms with Crippen LogP contribution in [0, 0.1) is 0 Å². The summed E-state index contributed by atoms with van der Waals surface area (Å²) in [6.07, 6.45) is 2.98. The molecule has 0 saturated heterocycles. The number of benzene rings is 1. The Labute approximate surface area is 121 Å². The van der Waals surface area contributed by atoms with Crippen LogP contribution in [0.4, 0.5) is 0 Å². The summed E-state index contributed by atoms with van der Waals surface area (Å²) in [7, 11) is 0. The number of halogens is 2. The van der Waals surface area contributed by atoms with Crippen LogP contribution in [0.2, 0.25) is 10.0 Å². The number of aliphatic hydroxyl groups is 1. The summed E-state index contributed by atoms with van der Waals surface area (Å²) >= 11 is 11.8. The molecule has 1 atom stereocenters. The van der Waals surface area contributed by atoms with E-state index in [1.807, 2.05) is 0 Å². The van der Waals surface area contributed by atoms with Gasteiger partial charge in [-0.15, -0.1) is 0 Å². The van der Waals surface area contributed by atoms with Crippen molar-refractivity contribution in [1.29, 1.82) is 0 Å². The number of aromatic nitrogens is 1. The number of pyridine rings is 1. The first-order valence-electron chi connectivity index (χ1n) is 5.80. The maximum atomic E-state index is 9.92. The highest BCUT2D eigenvalue weighted by Crippen LogP contribution is 2.18. The molecule has 5 heteroatoms. The van der Waals surface area contributed by atoms with Crippen molar-refractivity contribution in [3.05, 3.63) is 58.3 Å². The Morgan fingerprint density at radius 2 is 2.11 bits per heavy atom. The van der Waals surface area contributed by atoms with Crippen LogP contribution in [0.15, 0.2) is 42.7 Å². The number of hydrogen-bond donors (Lipinski definition) is 1. The van der Waals surface area contributed by atoms with Crippen molar-refractivity contribution < 1.29 is 9.84 Å². The molecule has 3 nitrogen and oxygen atoms in total. The van der Waals surface area contributed by atoms with Crippen molar-refractivity contribution in [3.63, 3.8) is 0 Å². The van der Waals surface area contributed by atoms with Crippen LogP contribution in [0.1, 0.15) is 5.56 Å². The maximum Gasteiger partial charge on any atom is 0.120 e. The summed E-state index contributed by atoms with van der Waals surface area (Å²) < 4.78 is 5.47. The third-order valence-electron chi connectivity index (χ3n) is 2.55. The Hall–Kier alpha value is -1.29. The summed E-state index contributed by atoms with van der Waals surface area (Å²) in [5.41, 5.74) is 0.846. The topological polar surface area (TPSA) is 42.4 Å². The van der Waals surface area contributed by atoms with Gasteiger partial charge in [-0.1, -0.05) is 29.3 Å². The van der Waals surface area contributed by atoms with Gasteiger partial charge in [0, 0.05) is 23.8 Å². The third kappa shape index (κ3) is 4.39. The number of nitrogens with zero attached hydrogens (tertiary/aromatic N) is 1. The zero-order valence-corrected chi connectivity index (χ0v) is 11.6. The van der Waals surface area contributed by atoms with E-state index in [2.05, 4.69) is 4.98 Å². The predicted molar refractivity (Wildman–Crippen MR) is 75.9 cm³/mol. The number of ether oxygens (including phenoxy) is 1. The lowest BCUT2D eigenvalue weighted by Gasteiger charge is -2.13. The number of hydrogen-bond acceptors (Lipinski definition) is 3. The molecular formula is C14H13Cl2NO2. The van der Waals surface area contributed by atoms with E-state index in [9.17, 15) is 5.11 Å². The zero-order chi connectivity index (χ0) is 13.7. The van der Waals surface area contributed by atoms with E-state index in [4.69, 9.17) is 27.9 Å². The fourth-order valence-corrected chi connectivity index (χ4v) is 2.01. The molecule has 0 spiro atoms. The molecule has 1 unspecified atom stereocenters. The quantitative estimate of drug-likeness (QED) is 0.920. The second-order valence-corrected chi connectivity index (χ2v) is 4.94. The van der Waals surface area contributed by atoms with E-state index < -0.39 is 6.10 Å². The van der Waals surface area contributed by atoms with E-state index in [0.717, 1.165) is 5.56 Å². The molecule has 1 aromatic carbocycles. The smallest absolute Gasteiger partial charge is 0.120 e. The van der Waals surface area contributed by atoms with Crippen molar-refractivity contribution in [3.8, 4) is 5.75 Å². The molecule has 1 N–H and O–H groups in total. The third-order valence-corrected chi connectivity index (χ3v) is 3.13. The van der Waals surface area contributed by atoms with E-state index >= 15 is 0 Å². The molecule has 0 aliphatic heterocycles. The molecule has 0 aliphatic carbocycles. The van der Waals surface area contributed by atoms with E-state index in [1.54, 1.807) is 42.7 Å².